The Balaban J connectivity index is 1.40. The van der Waals surface area contributed by atoms with Crippen LogP contribution in [0.3, 0.4) is 0 Å². The minimum absolute atomic E-state index is 0.250. The van der Waals surface area contributed by atoms with Gasteiger partial charge in [0.05, 0.1) is 17.8 Å². The zero-order valence-corrected chi connectivity index (χ0v) is 21.8. The molecule has 7 heteroatoms. The lowest BCUT2D eigenvalue weighted by atomic mass is 9.84. The number of benzene rings is 1. The fraction of sp³-hybridized carbons (Fsp3) is 0.731. The molecule has 6 nitrogen and oxygen atoms in total. The highest BCUT2D eigenvalue weighted by molar-refractivity contribution is 6.32. The third-order valence-corrected chi connectivity index (χ3v) is 7.11. The number of hydrogen-bond acceptors (Lipinski definition) is 5. The number of alkyl carbamates (subject to hydrolysis) is 1. The van der Waals surface area contributed by atoms with E-state index in [9.17, 15) is 4.79 Å². The van der Waals surface area contributed by atoms with Gasteiger partial charge in [-0.15, -0.1) is 0 Å². The van der Waals surface area contributed by atoms with Crippen LogP contribution in [-0.2, 0) is 11.2 Å². The van der Waals surface area contributed by atoms with Crippen molar-refractivity contribution >= 4 is 23.4 Å². The molecular weight excluding hydrogens is 438 g/mol. The van der Waals surface area contributed by atoms with Crippen molar-refractivity contribution in [2.75, 3.05) is 44.7 Å². The van der Waals surface area contributed by atoms with Gasteiger partial charge in [-0.05, 0) is 89.5 Å². The molecule has 1 aliphatic heterocycles. The zero-order chi connectivity index (χ0) is 24.0. The normalized spacial score (nSPS) is 22.2. The third kappa shape index (κ3) is 7.68. The maximum absolute atomic E-state index is 12.0. The largest absolute Gasteiger partial charge is 0.493 e. The number of carbonyl (C=O) groups excluding carboxylic acids is 1. The summed E-state index contributed by atoms with van der Waals surface area (Å²) in [5, 5.41) is 3.75. The van der Waals surface area contributed by atoms with Crippen molar-refractivity contribution in [3.05, 3.63) is 22.7 Å². The topological polar surface area (TPSA) is 54.0 Å². The second-order valence-electron chi connectivity index (χ2n) is 10.5. The highest BCUT2D eigenvalue weighted by Crippen LogP contribution is 2.37. The molecule has 1 heterocycles. The van der Waals surface area contributed by atoms with Gasteiger partial charge in [-0.1, -0.05) is 18.5 Å². The van der Waals surface area contributed by atoms with Crippen molar-refractivity contribution in [2.24, 2.45) is 5.92 Å². The standard InChI is InChI=1S/C26H42ClN3O3/c1-6-19-17-22(27)24(32-5)23(18-19)30-15-13-29(14-16-30)12-11-20-7-9-21(10-8-20)28-25(31)33-26(2,3)4/h17-18,20-21H,6-16H2,1-5H3,(H,28,31). The van der Waals surface area contributed by atoms with Crippen LogP contribution in [0.5, 0.6) is 5.75 Å². The van der Waals surface area contributed by atoms with Crippen molar-refractivity contribution in [1.82, 2.24) is 10.2 Å². The second kappa shape index (κ2) is 11.7. The van der Waals surface area contributed by atoms with Gasteiger partial charge >= 0.3 is 6.09 Å². The average Bonchev–Trinajstić information content (AvgIpc) is 2.77. The molecule has 1 aromatic carbocycles. The molecule has 0 atom stereocenters. The molecule has 1 aliphatic carbocycles. The first kappa shape index (κ1) is 26.0. The van der Waals surface area contributed by atoms with Crippen LogP contribution in [0.1, 0.15) is 65.4 Å². The van der Waals surface area contributed by atoms with E-state index in [1.807, 2.05) is 26.8 Å². The monoisotopic (exact) mass is 479 g/mol. The minimum atomic E-state index is -0.443. The molecule has 1 aromatic rings. The maximum atomic E-state index is 12.0. The Morgan fingerprint density at radius 3 is 2.36 bits per heavy atom. The summed E-state index contributed by atoms with van der Waals surface area (Å²) in [5.41, 5.74) is 1.92. The van der Waals surface area contributed by atoms with Gasteiger partial charge in [0.15, 0.2) is 5.75 Å². The van der Waals surface area contributed by atoms with Crippen LogP contribution in [0.4, 0.5) is 10.5 Å². The van der Waals surface area contributed by atoms with Crippen LogP contribution in [-0.4, -0.2) is 62.5 Å². The SMILES string of the molecule is CCc1cc(Cl)c(OC)c(N2CCN(CCC3CCC(NC(=O)OC(C)(C)C)CC3)CC2)c1. The first-order valence-corrected chi connectivity index (χ1v) is 12.9. The lowest BCUT2D eigenvalue weighted by Gasteiger charge is -2.38. The molecule has 186 valence electrons. The number of aryl methyl sites for hydroxylation is 1. The van der Waals surface area contributed by atoms with Gasteiger partial charge in [-0.25, -0.2) is 4.79 Å². The summed E-state index contributed by atoms with van der Waals surface area (Å²) in [6, 6.07) is 4.49. The number of methoxy groups -OCH3 is 1. The van der Waals surface area contributed by atoms with E-state index in [0.29, 0.717) is 5.02 Å². The van der Waals surface area contributed by atoms with Gasteiger partial charge in [0.2, 0.25) is 0 Å². The quantitative estimate of drug-likeness (QED) is 0.559. The van der Waals surface area contributed by atoms with Crippen LogP contribution >= 0.6 is 11.6 Å². The van der Waals surface area contributed by atoms with Crippen molar-refractivity contribution in [2.45, 2.75) is 77.9 Å². The van der Waals surface area contributed by atoms with Crippen molar-refractivity contribution < 1.29 is 14.3 Å². The molecule has 33 heavy (non-hydrogen) atoms. The maximum Gasteiger partial charge on any atom is 0.407 e. The predicted octanol–water partition coefficient (Wildman–Crippen LogP) is 5.51. The number of nitrogens with zero attached hydrogens (tertiary/aromatic N) is 2. The Labute approximate surface area is 204 Å². The number of carbonyl (C=O) groups is 1. The summed E-state index contributed by atoms with van der Waals surface area (Å²) >= 11 is 6.47. The molecule has 0 bridgehead atoms. The Kier molecular flexibility index (Phi) is 9.17. The molecule has 0 spiro atoms. The molecule has 0 radical (unpaired) electrons. The lowest BCUT2D eigenvalue weighted by molar-refractivity contribution is 0.0486. The molecule has 1 saturated carbocycles. The van der Waals surface area contributed by atoms with E-state index in [4.69, 9.17) is 21.1 Å². The summed E-state index contributed by atoms with van der Waals surface area (Å²) < 4.78 is 11.0. The summed E-state index contributed by atoms with van der Waals surface area (Å²) in [6.45, 7) is 13.1. The van der Waals surface area contributed by atoms with E-state index in [1.165, 1.54) is 24.8 Å². The Morgan fingerprint density at radius 2 is 1.79 bits per heavy atom. The van der Waals surface area contributed by atoms with E-state index in [-0.39, 0.29) is 12.1 Å². The fourth-order valence-electron chi connectivity index (χ4n) is 4.92. The number of halogens is 1. The third-order valence-electron chi connectivity index (χ3n) is 6.83. The molecule has 1 amide bonds. The zero-order valence-electron chi connectivity index (χ0n) is 21.1. The van der Waals surface area contributed by atoms with Gasteiger partial charge in [-0.3, -0.25) is 4.90 Å². The van der Waals surface area contributed by atoms with Gasteiger partial charge in [0.25, 0.3) is 0 Å². The number of rotatable bonds is 7. The number of piperazine rings is 1. The number of amides is 1. The summed E-state index contributed by atoms with van der Waals surface area (Å²) in [5.74, 6) is 1.54. The first-order valence-electron chi connectivity index (χ1n) is 12.5. The molecule has 0 aromatic heterocycles. The van der Waals surface area contributed by atoms with Crippen molar-refractivity contribution in [1.29, 1.82) is 0 Å². The van der Waals surface area contributed by atoms with Gasteiger partial charge in [0.1, 0.15) is 5.60 Å². The molecule has 1 saturated heterocycles. The number of ether oxygens (including phenoxy) is 2. The minimum Gasteiger partial charge on any atom is -0.493 e. The summed E-state index contributed by atoms with van der Waals surface area (Å²) in [4.78, 5) is 17.0. The van der Waals surface area contributed by atoms with Crippen LogP contribution in [0, 0.1) is 5.92 Å². The predicted molar refractivity (Wildman–Crippen MR) is 136 cm³/mol. The Morgan fingerprint density at radius 1 is 1.12 bits per heavy atom. The molecule has 2 fully saturated rings. The summed E-state index contributed by atoms with van der Waals surface area (Å²) in [6.07, 6.45) is 6.37. The van der Waals surface area contributed by atoms with Crippen LogP contribution in [0.25, 0.3) is 0 Å². The van der Waals surface area contributed by atoms with Gasteiger partial charge in [0, 0.05) is 32.2 Å². The Hall–Kier alpha value is -1.66. The molecule has 2 aliphatic rings. The molecule has 3 rings (SSSR count). The van der Waals surface area contributed by atoms with Crippen LogP contribution in [0.2, 0.25) is 5.02 Å². The van der Waals surface area contributed by atoms with E-state index in [2.05, 4.69) is 28.1 Å². The van der Waals surface area contributed by atoms with Gasteiger partial charge < -0.3 is 19.7 Å². The van der Waals surface area contributed by atoms with Crippen molar-refractivity contribution in [3.8, 4) is 5.75 Å². The molecule has 1 N–H and O–H groups in total. The number of hydrogen-bond donors (Lipinski definition) is 1. The summed E-state index contributed by atoms with van der Waals surface area (Å²) in [7, 11) is 1.70. The number of anilines is 1. The second-order valence-corrected chi connectivity index (χ2v) is 10.9. The first-order chi connectivity index (χ1) is 15.7. The van der Waals surface area contributed by atoms with Crippen LogP contribution < -0.4 is 15.0 Å². The number of nitrogens with one attached hydrogen (secondary N) is 1. The van der Waals surface area contributed by atoms with Crippen LogP contribution in [0.15, 0.2) is 12.1 Å². The smallest absolute Gasteiger partial charge is 0.407 e. The average molecular weight is 480 g/mol. The lowest BCUT2D eigenvalue weighted by Crippen LogP contribution is -2.47. The molecule has 0 unspecified atom stereocenters. The van der Waals surface area contributed by atoms with Gasteiger partial charge in [-0.2, -0.15) is 0 Å². The molecular formula is C26H42ClN3O3. The van der Waals surface area contributed by atoms with E-state index in [0.717, 1.165) is 69.3 Å². The highest BCUT2D eigenvalue weighted by atomic mass is 35.5. The highest BCUT2D eigenvalue weighted by Gasteiger charge is 2.26. The van der Waals surface area contributed by atoms with E-state index >= 15 is 0 Å². The van der Waals surface area contributed by atoms with E-state index in [1.54, 1.807) is 7.11 Å². The van der Waals surface area contributed by atoms with E-state index < -0.39 is 5.60 Å². The Bertz CT molecular complexity index is 780. The fourth-order valence-corrected chi connectivity index (χ4v) is 5.24. The van der Waals surface area contributed by atoms with Crippen molar-refractivity contribution in [3.63, 3.8) is 0 Å².